The quantitative estimate of drug-likeness (QED) is 0.132. The van der Waals surface area contributed by atoms with Crippen molar-refractivity contribution in [3.05, 3.63) is 120 Å². The Morgan fingerprint density at radius 2 is 1.49 bits per heavy atom. The summed E-state index contributed by atoms with van der Waals surface area (Å²) in [7, 11) is -2.49. The number of anilines is 1. The predicted octanol–water partition coefficient (Wildman–Crippen LogP) is 5.46. The molecule has 1 aromatic heterocycles. The summed E-state index contributed by atoms with van der Waals surface area (Å²) in [6.07, 6.45) is -6.94. The predicted molar refractivity (Wildman–Crippen MR) is 184 cm³/mol. The third-order valence-electron chi connectivity index (χ3n) is 7.21. The summed E-state index contributed by atoms with van der Waals surface area (Å²) in [5, 5.41) is 8.98. The van der Waals surface area contributed by atoms with Crippen LogP contribution >= 0.6 is 0 Å². The molecule has 8 N–H and O–H groups in total. The highest BCUT2D eigenvalue weighted by Crippen LogP contribution is 2.38. The SMILES string of the molecule is COc1cccc(-c2ccc([C@@H](Oc3cc(-c4ccc(CC(N)C(=O)O)cc4)nc(N)n3)C(F)(F)F)cc2)c1.Cc1ccc(S(=O)(=O)O)cc1.O. The number of carboxylic acid groups (broad SMARTS) is 1. The molecule has 51 heavy (non-hydrogen) atoms. The lowest BCUT2D eigenvalue weighted by Crippen LogP contribution is -2.32. The van der Waals surface area contributed by atoms with Crippen LogP contribution in [0.2, 0.25) is 0 Å². The fourth-order valence-electron chi connectivity index (χ4n) is 4.61. The van der Waals surface area contributed by atoms with Crippen LogP contribution in [0.4, 0.5) is 19.1 Å². The average molecular weight is 729 g/mol. The molecule has 1 unspecified atom stereocenters. The number of aromatic nitrogens is 2. The first-order valence-corrected chi connectivity index (χ1v) is 16.2. The Kier molecular flexibility index (Phi) is 13.2. The minimum atomic E-state index is -4.75. The van der Waals surface area contributed by atoms with Gasteiger partial charge in [-0.2, -0.15) is 26.6 Å². The van der Waals surface area contributed by atoms with Crippen LogP contribution in [0, 0.1) is 6.92 Å². The van der Waals surface area contributed by atoms with Gasteiger partial charge in [0.2, 0.25) is 17.9 Å². The van der Waals surface area contributed by atoms with Crippen LogP contribution in [0.3, 0.4) is 0 Å². The van der Waals surface area contributed by atoms with Gasteiger partial charge >= 0.3 is 12.1 Å². The molecule has 4 aromatic carbocycles. The Bertz CT molecular complexity index is 2030. The first kappa shape index (κ1) is 39.9. The highest BCUT2D eigenvalue weighted by atomic mass is 32.2. The van der Waals surface area contributed by atoms with Crippen LogP contribution in [0.15, 0.2) is 108 Å². The number of nitrogens with two attached hydrogens (primary N) is 2. The number of benzene rings is 4. The maximum Gasteiger partial charge on any atom is 0.429 e. The molecule has 0 amide bonds. The molecule has 0 aliphatic carbocycles. The standard InChI is InChI=1S/C28H25F3N4O4.C7H8O3S.H2O/c1-38-21-4-2-3-20(14-21)17-9-11-19(12-10-17)25(28(29,30)31)39-24-15-23(34-27(33)35-24)18-7-5-16(6-8-18)13-22(32)26(36)37;1-6-2-4-7(5-3-6)11(8,9)10;/h2-12,14-15,22,25H,13,32H2,1H3,(H,36,37)(H2,33,34,35);2-5H,1H3,(H,8,9,10);1H2/t22?,25-;;/m1../s1. The number of carboxylic acids is 1. The second kappa shape index (κ2) is 16.9. The van der Waals surface area contributed by atoms with E-state index in [2.05, 4.69) is 9.97 Å². The van der Waals surface area contributed by atoms with Crippen molar-refractivity contribution in [2.75, 3.05) is 12.8 Å². The zero-order valence-corrected chi connectivity index (χ0v) is 28.0. The number of methoxy groups -OCH3 is 1. The molecule has 5 aromatic rings. The Hall–Kier alpha value is -5.55. The van der Waals surface area contributed by atoms with Crippen molar-refractivity contribution in [2.24, 2.45) is 5.73 Å². The van der Waals surface area contributed by atoms with E-state index < -0.39 is 34.4 Å². The molecule has 1 heterocycles. The molecule has 0 saturated heterocycles. The van der Waals surface area contributed by atoms with E-state index in [0.717, 1.165) is 11.1 Å². The van der Waals surface area contributed by atoms with Gasteiger partial charge in [0.1, 0.15) is 11.8 Å². The monoisotopic (exact) mass is 728 g/mol. The number of aliphatic carboxylic acids is 1. The third kappa shape index (κ3) is 11.2. The Morgan fingerprint density at radius 3 is 2.04 bits per heavy atom. The summed E-state index contributed by atoms with van der Waals surface area (Å²) >= 11 is 0. The molecule has 5 rings (SSSR count). The van der Waals surface area contributed by atoms with Gasteiger partial charge in [-0.1, -0.05) is 78.4 Å². The van der Waals surface area contributed by atoms with Gasteiger partial charge < -0.3 is 31.5 Å². The van der Waals surface area contributed by atoms with Gasteiger partial charge in [0.05, 0.1) is 17.7 Å². The summed E-state index contributed by atoms with van der Waals surface area (Å²) in [5.74, 6) is -1.12. The summed E-state index contributed by atoms with van der Waals surface area (Å²) in [5.41, 5.74) is 15.1. The minimum absolute atomic E-state index is 0. The van der Waals surface area contributed by atoms with E-state index >= 15 is 0 Å². The summed E-state index contributed by atoms with van der Waals surface area (Å²) in [6.45, 7) is 1.84. The van der Waals surface area contributed by atoms with Gasteiger partial charge in [-0.15, -0.1) is 0 Å². The zero-order chi connectivity index (χ0) is 36.6. The zero-order valence-electron chi connectivity index (χ0n) is 27.2. The minimum Gasteiger partial charge on any atom is -0.497 e. The molecular formula is C35H35F3N4O8S. The molecule has 0 aliphatic rings. The maximum atomic E-state index is 14.1. The van der Waals surface area contributed by atoms with E-state index in [1.54, 1.807) is 66.7 Å². The number of halogens is 3. The van der Waals surface area contributed by atoms with Crippen LogP contribution in [0.25, 0.3) is 22.4 Å². The van der Waals surface area contributed by atoms with Crippen molar-refractivity contribution in [2.45, 2.75) is 36.6 Å². The molecule has 0 radical (unpaired) electrons. The number of alkyl halides is 3. The van der Waals surface area contributed by atoms with Crippen LogP contribution in [-0.2, 0) is 21.3 Å². The topological polar surface area (TPSA) is 219 Å². The van der Waals surface area contributed by atoms with Gasteiger partial charge in [0.15, 0.2) is 0 Å². The van der Waals surface area contributed by atoms with Crippen LogP contribution in [0.1, 0.15) is 22.8 Å². The third-order valence-corrected chi connectivity index (χ3v) is 8.08. The molecule has 0 spiro atoms. The molecule has 270 valence electrons. The largest absolute Gasteiger partial charge is 0.497 e. The molecule has 2 atom stereocenters. The molecule has 0 saturated carbocycles. The molecule has 16 heteroatoms. The van der Waals surface area contributed by atoms with Crippen LogP contribution in [0.5, 0.6) is 11.6 Å². The van der Waals surface area contributed by atoms with Crippen molar-refractivity contribution in [1.29, 1.82) is 0 Å². The number of hydrogen-bond donors (Lipinski definition) is 4. The Balaban J connectivity index is 0.000000500. The fourth-order valence-corrected chi connectivity index (χ4v) is 5.09. The number of carbonyl (C=O) groups is 1. The summed E-state index contributed by atoms with van der Waals surface area (Å²) in [6, 6.07) is 25.8. The van der Waals surface area contributed by atoms with E-state index in [1.165, 1.54) is 37.4 Å². The van der Waals surface area contributed by atoms with E-state index in [-0.39, 0.29) is 39.9 Å². The van der Waals surface area contributed by atoms with Crippen molar-refractivity contribution in [1.82, 2.24) is 9.97 Å². The Labute approximate surface area is 291 Å². The van der Waals surface area contributed by atoms with Crippen molar-refractivity contribution in [3.63, 3.8) is 0 Å². The number of aryl methyl sites for hydroxylation is 1. The van der Waals surface area contributed by atoms with E-state index in [9.17, 15) is 26.4 Å². The van der Waals surface area contributed by atoms with Gasteiger partial charge in [-0.25, -0.2) is 4.98 Å². The number of hydrogen-bond acceptors (Lipinski definition) is 9. The van der Waals surface area contributed by atoms with Gasteiger partial charge in [0, 0.05) is 17.2 Å². The summed E-state index contributed by atoms with van der Waals surface area (Å²) < 4.78 is 82.3. The number of rotatable bonds is 10. The van der Waals surface area contributed by atoms with Crippen molar-refractivity contribution >= 4 is 22.0 Å². The lowest BCUT2D eigenvalue weighted by molar-refractivity contribution is -0.198. The molecule has 12 nitrogen and oxygen atoms in total. The average Bonchev–Trinajstić information content (AvgIpc) is 3.07. The molecule has 0 aliphatic heterocycles. The maximum absolute atomic E-state index is 14.1. The smallest absolute Gasteiger partial charge is 0.429 e. The van der Waals surface area contributed by atoms with E-state index in [1.807, 2.05) is 13.0 Å². The molecular weight excluding hydrogens is 693 g/mol. The lowest BCUT2D eigenvalue weighted by Gasteiger charge is -2.22. The number of nitrogen functional groups attached to an aromatic ring is 1. The molecule has 0 bridgehead atoms. The highest BCUT2D eigenvalue weighted by molar-refractivity contribution is 7.85. The second-order valence-electron chi connectivity index (χ2n) is 11.0. The first-order chi connectivity index (χ1) is 23.5. The van der Waals surface area contributed by atoms with Gasteiger partial charge in [-0.05, 0) is 54.3 Å². The highest BCUT2D eigenvalue weighted by Gasteiger charge is 2.43. The van der Waals surface area contributed by atoms with Crippen LogP contribution < -0.4 is 20.9 Å². The van der Waals surface area contributed by atoms with Gasteiger partial charge in [-0.3, -0.25) is 9.35 Å². The van der Waals surface area contributed by atoms with E-state index in [0.29, 0.717) is 22.4 Å². The lowest BCUT2D eigenvalue weighted by atomic mass is 10.0. The molecule has 0 fully saturated rings. The Morgan fingerprint density at radius 1 is 0.882 bits per heavy atom. The summed E-state index contributed by atoms with van der Waals surface area (Å²) in [4.78, 5) is 18.9. The fraction of sp³-hybridized carbons (Fsp3) is 0.171. The van der Waals surface area contributed by atoms with Crippen LogP contribution in [-0.4, -0.2) is 58.8 Å². The van der Waals surface area contributed by atoms with E-state index in [4.69, 9.17) is 30.6 Å². The number of nitrogens with zero attached hydrogens (tertiary/aromatic N) is 2. The normalized spacial score (nSPS) is 12.4. The number of ether oxygens (including phenoxy) is 2. The first-order valence-electron chi connectivity index (χ1n) is 14.8. The van der Waals surface area contributed by atoms with Gasteiger partial charge in [0.25, 0.3) is 10.1 Å². The van der Waals surface area contributed by atoms with Crippen molar-refractivity contribution in [3.8, 4) is 34.0 Å². The van der Waals surface area contributed by atoms with Crippen molar-refractivity contribution < 1.29 is 51.0 Å². The second-order valence-corrected chi connectivity index (χ2v) is 12.4.